The van der Waals surface area contributed by atoms with Crippen molar-refractivity contribution >= 4 is 17.5 Å². The Balaban J connectivity index is 1.75. The number of allylic oxidation sites excluding steroid dienone is 1. The van der Waals surface area contributed by atoms with Crippen molar-refractivity contribution in [3.05, 3.63) is 82.4 Å². The van der Waals surface area contributed by atoms with Crippen molar-refractivity contribution in [1.29, 1.82) is 0 Å². The molecule has 0 spiro atoms. The van der Waals surface area contributed by atoms with Gasteiger partial charge in [-0.05, 0) is 69.2 Å². The molecule has 2 aromatic rings. The molecule has 11 nitrogen and oxygen atoms in total. The van der Waals surface area contributed by atoms with Crippen LogP contribution in [0, 0.1) is 17.8 Å². The number of Topliss-reactive ketones (excluding diaryl/α,β-unsaturated/α-hetero) is 2. The number of hydrogen-bond donors (Lipinski definition) is 5. The molecular weight excluding hydrogens is 559 g/mol. The molecule has 0 radical (unpaired) electrons. The van der Waals surface area contributed by atoms with Crippen LogP contribution in [-0.4, -0.2) is 92.0 Å². The summed E-state index contributed by atoms with van der Waals surface area (Å²) in [6.07, 6.45) is 3.05. The molecule has 3 aliphatic carbocycles. The number of amides is 1. The zero-order valence-electron chi connectivity index (χ0n) is 24.0. The minimum atomic E-state index is -2.73. The summed E-state index contributed by atoms with van der Waals surface area (Å²) >= 11 is 0. The van der Waals surface area contributed by atoms with Gasteiger partial charge in [0, 0.05) is 41.9 Å². The summed E-state index contributed by atoms with van der Waals surface area (Å²) in [6.45, 7) is 4.39. The van der Waals surface area contributed by atoms with Gasteiger partial charge in [-0.3, -0.25) is 24.2 Å². The van der Waals surface area contributed by atoms with Crippen molar-refractivity contribution in [2.75, 3.05) is 27.7 Å². The van der Waals surface area contributed by atoms with Crippen LogP contribution in [0.25, 0.3) is 11.1 Å². The van der Waals surface area contributed by atoms with E-state index in [4.69, 9.17) is 5.73 Å². The molecule has 3 aliphatic rings. The van der Waals surface area contributed by atoms with Gasteiger partial charge in [-0.15, -0.1) is 6.58 Å². The summed E-state index contributed by atoms with van der Waals surface area (Å²) in [6, 6.07) is 3.31. The minimum Gasteiger partial charge on any atom is -0.510 e. The van der Waals surface area contributed by atoms with Gasteiger partial charge in [0.1, 0.15) is 22.8 Å². The van der Waals surface area contributed by atoms with Gasteiger partial charge in [0.05, 0.1) is 11.6 Å². The molecule has 1 heterocycles. The molecule has 1 amide bonds. The molecule has 0 saturated carbocycles. The SMILES string of the molecule is C=CCN(C)Cc1cc(-c2ccc(F)nc2)c2c(c1O)C(=O)C1=C(O)[C@]3(O)C(=O)C(C(N)=O)=C(O)[C@@H](N(C)C)[C@@H]3C[C@@H]1C2. The Labute approximate surface area is 247 Å². The summed E-state index contributed by atoms with van der Waals surface area (Å²) in [5, 5.41) is 45.8. The monoisotopic (exact) mass is 592 g/mol. The first kappa shape index (κ1) is 30.1. The summed E-state index contributed by atoms with van der Waals surface area (Å²) in [7, 11) is 4.92. The lowest BCUT2D eigenvalue weighted by atomic mass is 9.58. The number of phenolic OH excluding ortho intramolecular Hbond substituents is 1. The average molecular weight is 593 g/mol. The number of benzene rings is 1. The Kier molecular flexibility index (Phi) is 7.49. The summed E-state index contributed by atoms with van der Waals surface area (Å²) in [5.74, 6) is -7.88. The highest BCUT2D eigenvalue weighted by molar-refractivity contribution is 6.25. The van der Waals surface area contributed by atoms with E-state index in [1.165, 1.54) is 23.2 Å². The number of pyridine rings is 1. The first-order valence-electron chi connectivity index (χ1n) is 13.7. The van der Waals surface area contributed by atoms with Gasteiger partial charge in [0.15, 0.2) is 11.4 Å². The second-order valence-corrected chi connectivity index (χ2v) is 11.6. The van der Waals surface area contributed by atoms with Crippen molar-refractivity contribution < 1.29 is 39.2 Å². The number of primary amides is 1. The van der Waals surface area contributed by atoms with Crippen molar-refractivity contribution in [3.63, 3.8) is 0 Å². The number of fused-ring (bicyclic) bond motifs is 3. The fourth-order valence-corrected chi connectivity index (χ4v) is 6.86. The first-order valence-corrected chi connectivity index (χ1v) is 13.7. The van der Waals surface area contributed by atoms with Crippen LogP contribution in [0.5, 0.6) is 5.75 Å². The second-order valence-electron chi connectivity index (χ2n) is 11.6. The van der Waals surface area contributed by atoms with Gasteiger partial charge < -0.3 is 26.2 Å². The molecule has 1 aromatic heterocycles. The molecular formula is C31H33FN4O7. The van der Waals surface area contributed by atoms with Crippen LogP contribution >= 0.6 is 0 Å². The topological polar surface area (TPSA) is 178 Å². The number of aliphatic hydroxyl groups excluding tert-OH is 2. The van der Waals surface area contributed by atoms with Gasteiger partial charge >= 0.3 is 0 Å². The second kappa shape index (κ2) is 10.7. The number of aromatic nitrogens is 1. The number of carbonyl (C=O) groups is 3. The fraction of sp³-hybridized carbons (Fsp3) is 0.355. The predicted molar refractivity (Wildman–Crippen MR) is 153 cm³/mol. The number of hydrogen-bond acceptors (Lipinski definition) is 10. The lowest BCUT2D eigenvalue weighted by molar-refractivity contribution is -0.148. The number of ketones is 2. The van der Waals surface area contributed by atoms with Crippen molar-refractivity contribution in [1.82, 2.24) is 14.8 Å². The number of carbonyl (C=O) groups excluding carboxylic acids is 3. The van der Waals surface area contributed by atoms with E-state index in [2.05, 4.69) is 11.6 Å². The maximum absolute atomic E-state index is 14.2. The molecule has 4 atom stereocenters. The third kappa shape index (κ3) is 4.53. The summed E-state index contributed by atoms with van der Waals surface area (Å²) < 4.78 is 13.7. The van der Waals surface area contributed by atoms with Crippen molar-refractivity contribution in [3.8, 4) is 16.9 Å². The van der Waals surface area contributed by atoms with E-state index in [9.17, 15) is 39.2 Å². The summed E-state index contributed by atoms with van der Waals surface area (Å²) in [5.41, 5.74) is 3.24. The number of aromatic hydroxyl groups is 1. The lowest BCUT2D eigenvalue weighted by Gasteiger charge is -2.50. The number of nitrogens with zero attached hydrogens (tertiary/aromatic N) is 3. The number of halogens is 1. The Bertz CT molecular complexity index is 1630. The normalized spacial score (nSPS) is 25.1. The van der Waals surface area contributed by atoms with Gasteiger partial charge in [-0.2, -0.15) is 4.39 Å². The standard InChI is InChI=1S/C31H33FN4O7/c1-5-8-36(4)13-16-10-17(14-6-7-20(32)34-12-14)18-9-15-11-19-24(35(2)3)27(39)23(30(33)42)29(41)31(19,43)28(40)21(15)26(38)22(18)25(16)37/h5-7,10,12,15,19,24,37,39-40,43H,1,8-9,11,13H2,2-4H3,(H2,33,42)/t15-,19-,24-,31-/m0/s1. The van der Waals surface area contributed by atoms with Crippen molar-refractivity contribution in [2.24, 2.45) is 17.6 Å². The minimum absolute atomic E-state index is 0.0442. The van der Waals surface area contributed by atoms with Gasteiger partial charge in [-0.25, -0.2) is 4.98 Å². The number of rotatable bonds is 7. The first-order chi connectivity index (χ1) is 20.2. The highest BCUT2D eigenvalue weighted by Crippen LogP contribution is 2.53. The van der Waals surface area contributed by atoms with E-state index in [0.29, 0.717) is 28.8 Å². The zero-order chi connectivity index (χ0) is 31.5. The fourth-order valence-electron chi connectivity index (χ4n) is 6.86. The van der Waals surface area contributed by atoms with Crippen LogP contribution in [0.3, 0.4) is 0 Å². The highest BCUT2D eigenvalue weighted by atomic mass is 19.1. The predicted octanol–water partition coefficient (Wildman–Crippen LogP) is 1.94. The summed E-state index contributed by atoms with van der Waals surface area (Å²) in [4.78, 5) is 47.0. The Morgan fingerprint density at radius 3 is 2.51 bits per heavy atom. The van der Waals surface area contributed by atoms with Crippen LogP contribution in [0.4, 0.5) is 4.39 Å². The molecule has 0 fully saturated rings. The number of nitrogens with two attached hydrogens (primary N) is 1. The van der Waals surface area contributed by atoms with E-state index in [0.717, 1.165) is 0 Å². The Morgan fingerprint density at radius 1 is 1.23 bits per heavy atom. The van der Waals surface area contributed by atoms with Crippen LogP contribution in [0.15, 0.2) is 59.7 Å². The van der Waals surface area contributed by atoms with E-state index < -0.39 is 64.0 Å². The van der Waals surface area contributed by atoms with Crippen LogP contribution in [0.2, 0.25) is 0 Å². The Hall–Kier alpha value is -4.39. The number of likely N-dealkylation sites (N-methyl/N-ethyl adjacent to an activating group) is 2. The quantitative estimate of drug-likeness (QED) is 0.181. The Morgan fingerprint density at radius 2 is 1.93 bits per heavy atom. The van der Waals surface area contributed by atoms with Gasteiger partial charge in [-0.1, -0.05) is 6.08 Å². The third-order valence-electron chi connectivity index (χ3n) is 8.72. The largest absolute Gasteiger partial charge is 0.510 e. The van der Waals surface area contributed by atoms with E-state index in [1.54, 1.807) is 33.3 Å². The highest BCUT2D eigenvalue weighted by Gasteiger charge is 2.63. The molecule has 6 N–H and O–H groups in total. The molecule has 0 unspecified atom stereocenters. The molecule has 0 saturated heterocycles. The van der Waals surface area contributed by atoms with E-state index >= 15 is 0 Å². The molecule has 0 aliphatic heterocycles. The maximum atomic E-state index is 14.2. The maximum Gasteiger partial charge on any atom is 0.255 e. The third-order valence-corrected chi connectivity index (χ3v) is 8.72. The molecule has 1 aromatic carbocycles. The smallest absolute Gasteiger partial charge is 0.255 e. The molecule has 0 bridgehead atoms. The lowest BCUT2D eigenvalue weighted by Crippen LogP contribution is -2.63. The molecule has 5 rings (SSSR count). The number of phenols is 1. The van der Waals surface area contributed by atoms with Crippen LogP contribution < -0.4 is 5.73 Å². The molecule has 226 valence electrons. The van der Waals surface area contributed by atoms with E-state index in [1.807, 2.05) is 4.90 Å². The van der Waals surface area contributed by atoms with Gasteiger partial charge in [0.25, 0.3) is 5.91 Å². The molecule has 43 heavy (non-hydrogen) atoms. The van der Waals surface area contributed by atoms with Crippen LogP contribution in [-0.2, 0) is 22.6 Å². The average Bonchev–Trinajstić information content (AvgIpc) is 2.92. The number of aliphatic hydroxyl groups is 3. The van der Waals surface area contributed by atoms with Crippen molar-refractivity contribution in [2.45, 2.75) is 31.0 Å². The van der Waals surface area contributed by atoms with Gasteiger partial charge in [0.2, 0.25) is 11.7 Å². The zero-order valence-corrected chi connectivity index (χ0v) is 24.0. The van der Waals surface area contributed by atoms with Crippen LogP contribution in [0.1, 0.15) is 27.9 Å². The molecule has 12 heteroatoms. The van der Waals surface area contributed by atoms with E-state index in [-0.39, 0.29) is 36.3 Å².